The fraction of sp³-hybridized carbons (Fsp3) is 0.917. The molecule has 0 amide bonds. The van der Waals surface area contributed by atoms with Crippen LogP contribution in [0, 0.1) is 5.92 Å². The fourth-order valence-corrected chi connectivity index (χ4v) is 3.16. The van der Waals surface area contributed by atoms with Gasteiger partial charge >= 0.3 is 5.97 Å². The van der Waals surface area contributed by atoms with E-state index < -0.39 is 16.8 Å². The van der Waals surface area contributed by atoms with E-state index in [0.717, 1.165) is 19.3 Å². The molecule has 0 saturated heterocycles. The van der Waals surface area contributed by atoms with Crippen LogP contribution < -0.4 is 0 Å². The van der Waals surface area contributed by atoms with Gasteiger partial charge in [0, 0.05) is 21.8 Å². The molecule has 0 saturated carbocycles. The quantitative estimate of drug-likeness (QED) is 0.682. The molecule has 0 bridgehead atoms. The minimum atomic E-state index is -1.000. The zero-order valence-corrected chi connectivity index (χ0v) is 11.4. The molecule has 0 aromatic heterocycles. The summed E-state index contributed by atoms with van der Waals surface area (Å²) in [6.45, 7) is 6.02. The largest absolute Gasteiger partial charge is 0.481 e. The maximum atomic E-state index is 11.9. The lowest BCUT2D eigenvalue weighted by atomic mass is 10.0. The average molecular weight is 248 g/mol. The summed E-state index contributed by atoms with van der Waals surface area (Å²) in [4.78, 5) is 10.5. The second kappa shape index (κ2) is 8.74. The van der Waals surface area contributed by atoms with Crippen molar-refractivity contribution in [3.05, 3.63) is 0 Å². The molecule has 0 aliphatic heterocycles. The Hall–Kier alpha value is -0.380. The van der Waals surface area contributed by atoms with Crippen molar-refractivity contribution in [1.82, 2.24) is 0 Å². The van der Waals surface area contributed by atoms with Crippen molar-refractivity contribution in [1.29, 1.82) is 0 Å². The van der Waals surface area contributed by atoms with Gasteiger partial charge in [0.2, 0.25) is 0 Å². The molecule has 0 heterocycles. The van der Waals surface area contributed by atoms with Crippen molar-refractivity contribution < 1.29 is 14.1 Å². The molecule has 0 aromatic carbocycles. The van der Waals surface area contributed by atoms with E-state index in [-0.39, 0.29) is 11.7 Å². The monoisotopic (exact) mass is 248 g/mol. The minimum Gasteiger partial charge on any atom is -0.481 e. The molecule has 0 radical (unpaired) electrons. The highest BCUT2D eigenvalue weighted by atomic mass is 32.2. The Balaban J connectivity index is 4.03. The molecule has 3 unspecified atom stereocenters. The molecule has 0 aromatic rings. The molecule has 0 aliphatic carbocycles. The molecule has 0 spiro atoms. The summed E-state index contributed by atoms with van der Waals surface area (Å²) in [7, 11) is -1.000. The van der Waals surface area contributed by atoms with Crippen LogP contribution in [0.3, 0.4) is 0 Å². The molecular weight excluding hydrogens is 224 g/mol. The maximum absolute atomic E-state index is 11.9. The third-order valence-electron chi connectivity index (χ3n) is 2.85. The fourth-order valence-electron chi connectivity index (χ4n) is 1.63. The first kappa shape index (κ1) is 15.6. The SMILES string of the molecule is CCCCC(CC)CS(=O)C(C)CC(=O)O. The Morgan fingerprint density at radius 1 is 1.38 bits per heavy atom. The predicted octanol–water partition coefficient (Wildman–Crippen LogP) is 2.81. The van der Waals surface area contributed by atoms with Crippen LogP contribution in [-0.2, 0) is 15.6 Å². The van der Waals surface area contributed by atoms with E-state index in [1.165, 1.54) is 6.42 Å². The first-order valence-electron chi connectivity index (χ1n) is 6.10. The van der Waals surface area contributed by atoms with E-state index in [9.17, 15) is 9.00 Å². The topological polar surface area (TPSA) is 54.4 Å². The van der Waals surface area contributed by atoms with E-state index >= 15 is 0 Å². The van der Waals surface area contributed by atoms with E-state index in [1.54, 1.807) is 6.92 Å². The van der Waals surface area contributed by atoms with E-state index in [4.69, 9.17) is 5.11 Å². The molecule has 1 N–H and O–H groups in total. The van der Waals surface area contributed by atoms with Crippen LogP contribution in [0.1, 0.15) is 52.9 Å². The van der Waals surface area contributed by atoms with Crippen molar-refractivity contribution in [3.8, 4) is 0 Å². The number of hydrogen-bond donors (Lipinski definition) is 1. The van der Waals surface area contributed by atoms with Gasteiger partial charge in [0.1, 0.15) is 0 Å². The highest BCUT2D eigenvalue weighted by molar-refractivity contribution is 7.85. The Kier molecular flexibility index (Phi) is 8.53. The smallest absolute Gasteiger partial charge is 0.304 e. The Labute approximate surface area is 101 Å². The van der Waals surface area contributed by atoms with Crippen molar-refractivity contribution in [2.75, 3.05) is 5.75 Å². The Bertz CT molecular complexity index is 228. The van der Waals surface area contributed by atoms with Crippen molar-refractivity contribution in [2.45, 2.75) is 58.1 Å². The van der Waals surface area contributed by atoms with Crippen molar-refractivity contribution >= 4 is 16.8 Å². The van der Waals surface area contributed by atoms with Crippen LogP contribution in [0.2, 0.25) is 0 Å². The molecule has 0 fully saturated rings. The van der Waals surface area contributed by atoms with Gasteiger partial charge in [0.05, 0.1) is 6.42 Å². The van der Waals surface area contributed by atoms with Gasteiger partial charge < -0.3 is 5.11 Å². The first-order valence-corrected chi connectivity index (χ1v) is 7.48. The molecule has 16 heavy (non-hydrogen) atoms. The Morgan fingerprint density at radius 2 is 2.00 bits per heavy atom. The zero-order valence-electron chi connectivity index (χ0n) is 10.6. The van der Waals surface area contributed by atoms with Gasteiger partial charge in [-0.3, -0.25) is 9.00 Å². The van der Waals surface area contributed by atoms with Gasteiger partial charge in [-0.25, -0.2) is 0 Å². The van der Waals surface area contributed by atoms with Gasteiger partial charge in [0.25, 0.3) is 0 Å². The average Bonchev–Trinajstić information content (AvgIpc) is 2.22. The molecule has 96 valence electrons. The second-order valence-electron chi connectivity index (χ2n) is 4.37. The Morgan fingerprint density at radius 3 is 2.44 bits per heavy atom. The normalized spacial score (nSPS) is 16.7. The lowest BCUT2D eigenvalue weighted by Crippen LogP contribution is -2.22. The van der Waals surface area contributed by atoms with Crippen molar-refractivity contribution in [2.24, 2.45) is 5.92 Å². The molecular formula is C12H24O3S. The van der Waals surface area contributed by atoms with E-state index in [1.807, 2.05) is 0 Å². The molecule has 3 atom stereocenters. The van der Waals surface area contributed by atoms with Gasteiger partial charge in [-0.15, -0.1) is 0 Å². The number of aliphatic carboxylic acids is 1. The van der Waals surface area contributed by atoms with Crippen LogP contribution in [-0.4, -0.2) is 26.3 Å². The summed E-state index contributed by atoms with van der Waals surface area (Å²) in [6.07, 6.45) is 4.48. The summed E-state index contributed by atoms with van der Waals surface area (Å²) in [5, 5.41) is 8.40. The zero-order chi connectivity index (χ0) is 12.6. The van der Waals surface area contributed by atoms with Crippen LogP contribution in [0.4, 0.5) is 0 Å². The van der Waals surface area contributed by atoms with E-state index in [2.05, 4.69) is 13.8 Å². The molecule has 4 heteroatoms. The molecule has 0 rings (SSSR count). The third-order valence-corrected chi connectivity index (χ3v) is 4.72. The highest BCUT2D eigenvalue weighted by Gasteiger charge is 2.18. The van der Waals surface area contributed by atoms with Crippen LogP contribution >= 0.6 is 0 Å². The van der Waals surface area contributed by atoms with Crippen LogP contribution in [0.5, 0.6) is 0 Å². The second-order valence-corrected chi connectivity index (χ2v) is 6.27. The van der Waals surface area contributed by atoms with Gasteiger partial charge in [-0.1, -0.05) is 40.0 Å². The number of carbonyl (C=O) groups is 1. The lowest BCUT2D eigenvalue weighted by molar-refractivity contribution is -0.136. The summed E-state index contributed by atoms with van der Waals surface area (Å²) in [6, 6.07) is 0. The number of rotatable bonds is 9. The van der Waals surface area contributed by atoms with Gasteiger partial charge in [-0.05, 0) is 12.3 Å². The predicted molar refractivity (Wildman–Crippen MR) is 68.0 cm³/mol. The number of hydrogen-bond acceptors (Lipinski definition) is 2. The first-order chi connectivity index (χ1) is 7.51. The van der Waals surface area contributed by atoms with E-state index in [0.29, 0.717) is 11.7 Å². The summed E-state index contributed by atoms with van der Waals surface area (Å²) >= 11 is 0. The number of carboxylic acid groups (broad SMARTS) is 1. The highest BCUT2D eigenvalue weighted by Crippen LogP contribution is 2.16. The minimum absolute atomic E-state index is 0.0107. The maximum Gasteiger partial charge on any atom is 0.304 e. The third kappa shape index (κ3) is 6.99. The summed E-state index contributed by atoms with van der Waals surface area (Å²) < 4.78 is 11.9. The van der Waals surface area contributed by atoms with Crippen LogP contribution in [0.15, 0.2) is 0 Å². The molecule has 0 aliphatic rings. The summed E-state index contributed by atoms with van der Waals surface area (Å²) in [5.41, 5.74) is 0. The number of unbranched alkanes of at least 4 members (excludes halogenated alkanes) is 1. The molecule has 3 nitrogen and oxygen atoms in total. The standard InChI is InChI=1S/C12H24O3S/c1-4-6-7-11(5-2)9-16(15)10(3)8-12(13)14/h10-11H,4-9H2,1-3H3,(H,13,14). The summed E-state index contributed by atoms with van der Waals surface area (Å²) in [5.74, 6) is 0.282. The van der Waals surface area contributed by atoms with Crippen molar-refractivity contribution in [3.63, 3.8) is 0 Å². The number of carboxylic acids is 1. The lowest BCUT2D eigenvalue weighted by Gasteiger charge is -2.16. The van der Waals surface area contributed by atoms with Gasteiger partial charge in [0.15, 0.2) is 0 Å². The van der Waals surface area contributed by atoms with Gasteiger partial charge in [-0.2, -0.15) is 0 Å². The van der Waals surface area contributed by atoms with Crippen LogP contribution in [0.25, 0.3) is 0 Å².